The van der Waals surface area contributed by atoms with Crippen LogP contribution in [0.1, 0.15) is 59.3 Å². The van der Waals surface area contributed by atoms with Crippen LogP contribution in [0.5, 0.6) is 0 Å². The van der Waals surface area contributed by atoms with Crippen LogP contribution < -0.4 is 10.4 Å². The van der Waals surface area contributed by atoms with E-state index in [2.05, 4.69) is 81.4 Å². The maximum Gasteiger partial charge on any atom is 0.261 e. The van der Waals surface area contributed by atoms with Gasteiger partial charge < -0.3 is 9.53 Å². The van der Waals surface area contributed by atoms with Gasteiger partial charge in [0.15, 0.2) is 0 Å². The van der Waals surface area contributed by atoms with E-state index >= 15 is 0 Å². The van der Waals surface area contributed by atoms with Crippen LogP contribution in [0, 0.1) is 11.8 Å². The molecule has 0 aliphatic heterocycles. The molecule has 0 saturated heterocycles. The highest BCUT2D eigenvalue weighted by Crippen LogP contribution is 2.52. The first-order valence-electron chi connectivity index (χ1n) is 11.4. The molecule has 2 aromatic rings. The number of aliphatic hydroxyl groups is 1. The lowest BCUT2D eigenvalue weighted by Crippen LogP contribution is -2.68. The Kier molecular flexibility index (Phi) is 5.76. The minimum Gasteiger partial charge on any atom is -0.407 e. The van der Waals surface area contributed by atoms with E-state index in [1.54, 1.807) is 0 Å². The lowest BCUT2D eigenvalue weighted by atomic mass is 9.59. The van der Waals surface area contributed by atoms with Crippen LogP contribution in [0.3, 0.4) is 0 Å². The third-order valence-electron chi connectivity index (χ3n) is 7.53. The molecule has 0 amide bonds. The van der Waals surface area contributed by atoms with Gasteiger partial charge in [-0.15, -0.1) is 0 Å². The summed E-state index contributed by atoms with van der Waals surface area (Å²) in [5.74, 6) is 0.755. The third kappa shape index (κ3) is 3.62. The summed E-state index contributed by atoms with van der Waals surface area (Å²) >= 11 is 0. The number of rotatable bonds is 5. The molecule has 0 spiro atoms. The zero-order chi connectivity index (χ0) is 20.5. The van der Waals surface area contributed by atoms with E-state index in [4.69, 9.17) is 4.43 Å². The van der Waals surface area contributed by atoms with Crippen molar-refractivity contribution < 1.29 is 9.53 Å². The monoisotopic (exact) mass is 408 g/mol. The fraction of sp³-hybridized carbons (Fsp3) is 0.538. The standard InChI is InChI=1S/C26H36O2Si/c1-25(2,3)29(23-14-8-4-9-15-23,24-16-10-5-11-17-24)28-20-22-19-21-13-7-6-12-18-26(21,22)27/h4-5,8-11,14-17,21-22,27H,6-7,12-13,18-20H2,1-3H3/t21-,22-,26+/m0/s1. The highest BCUT2D eigenvalue weighted by atomic mass is 28.4. The molecule has 0 radical (unpaired) electrons. The molecule has 2 fully saturated rings. The maximum atomic E-state index is 11.4. The summed E-state index contributed by atoms with van der Waals surface area (Å²) in [4.78, 5) is 0. The Balaban J connectivity index is 1.68. The van der Waals surface area contributed by atoms with Crippen LogP contribution >= 0.6 is 0 Å². The predicted molar refractivity (Wildman–Crippen MR) is 123 cm³/mol. The topological polar surface area (TPSA) is 29.5 Å². The summed E-state index contributed by atoms with van der Waals surface area (Å²) in [6, 6.07) is 21.7. The molecule has 2 aliphatic rings. The fourth-order valence-electron chi connectivity index (χ4n) is 5.88. The van der Waals surface area contributed by atoms with Gasteiger partial charge in [0.1, 0.15) is 0 Å². The van der Waals surface area contributed by atoms with Crippen LogP contribution in [-0.2, 0) is 4.43 Å². The molecular formula is C26H36O2Si. The Labute approximate surface area is 177 Å². The van der Waals surface area contributed by atoms with E-state index in [1.165, 1.54) is 29.6 Å². The lowest BCUT2D eigenvalue weighted by molar-refractivity contribution is -0.165. The molecule has 1 N–H and O–H groups in total. The van der Waals surface area contributed by atoms with Crippen molar-refractivity contribution in [1.82, 2.24) is 0 Å². The van der Waals surface area contributed by atoms with E-state index in [1.807, 2.05) is 0 Å². The molecule has 2 nitrogen and oxygen atoms in total. The second-order valence-corrected chi connectivity index (χ2v) is 14.5. The predicted octanol–water partition coefficient (Wildman–Crippen LogP) is 4.89. The molecule has 0 aromatic heterocycles. The Morgan fingerprint density at radius 3 is 2.07 bits per heavy atom. The second-order valence-electron chi connectivity index (χ2n) is 10.2. The average Bonchev–Trinajstić information content (AvgIpc) is 2.85. The number of hydrogen-bond donors (Lipinski definition) is 1. The molecule has 2 saturated carbocycles. The van der Waals surface area contributed by atoms with Crippen LogP contribution in [0.2, 0.25) is 5.04 Å². The van der Waals surface area contributed by atoms with Crippen LogP contribution in [0.15, 0.2) is 60.7 Å². The van der Waals surface area contributed by atoms with Crippen molar-refractivity contribution in [2.24, 2.45) is 11.8 Å². The molecule has 29 heavy (non-hydrogen) atoms. The maximum absolute atomic E-state index is 11.4. The minimum atomic E-state index is -2.51. The summed E-state index contributed by atoms with van der Waals surface area (Å²) in [5.41, 5.74) is -0.498. The van der Waals surface area contributed by atoms with Gasteiger partial charge in [0.25, 0.3) is 8.32 Å². The van der Waals surface area contributed by atoms with E-state index < -0.39 is 13.9 Å². The van der Waals surface area contributed by atoms with Gasteiger partial charge in [-0.3, -0.25) is 0 Å². The van der Waals surface area contributed by atoms with Crippen molar-refractivity contribution in [3.8, 4) is 0 Å². The van der Waals surface area contributed by atoms with Gasteiger partial charge in [-0.25, -0.2) is 0 Å². The number of hydrogen-bond acceptors (Lipinski definition) is 2. The quantitative estimate of drug-likeness (QED) is 0.714. The zero-order valence-corrected chi connectivity index (χ0v) is 19.2. The van der Waals surface area contributed by atoms with Gasteiger partial charge in [0.2, 0.25) is 0 Å². The molecule has 156 valence electrons. The normalized spacial score (nSPS) is 27.6. The fourth-order valence-corrected chi connectivity index (χ4v) is 10.5. The molecule has 2 aromatic carbocycles. The third-order valence-corrected chi connectivity index (χ3v) is 12.5. The van der Waals surface area contributed by atoms with E-state index in [0.717, 1.165) is 19.3 Å². The largest absolute Gasteiger partial charge is 0.407 e. The molecule has 0 unspecified atom stereocenters. The van der Waals surface area contributed by atoms with Crippen molar-refractivity contribution >= 4 is 18.7 Å². The van der Waals surface area contributed by atoms with Crippen molar-refractivity contribution in [3.05, 3.63) is 60.7 Å². The van der Waals surface area contributed by atoms with Gasteiger partial charge in [-0.2, -0.15) is 0 Å². The van der Waals surface area contributed by atoms with E-state index in [0.29, 0.717) is 12.5 Å². The average molecular weight is 409 g/mol. The smallest absolute Gasteiger partial charge is 0.261 e. The zero-order valence-electron chi connectivity index (χ0n) is 18.2. The van der Waals surface area contributed by atoms with Crippen molar-refractivity contribution in [1.29, 1.82) is 0 Å². The highest BCUT2D eigenvalue weighted by molar-refractivity contribution is 6.99. The first kappa shape index (κ1) is 20.8. The Morgan fingerprint density at radius 2 is 1.52 bits per heavy atom. The second kappa shape index (κ2) is 8.01. The molecule has 3 heteroatoms. The molecule has 0 bridgehead atoms. The minimum absolute atomic E-state index is 0.00900. The number of benzene rings is 2. The van der Waals surface area contributed by atoms with Crippen molar-refractivity contribution in [2.45, 2.75) is 69.9 Å². The summed E-state index contributed by atoms with van der Waals surface area (Å²) < 4.78 is 7.10. The van der Waals surface area contributed by atoms with Crippen molar-refractivity contribution in [2.75, 3.05) is 6.61 Å². The van der Waals surface area contributed by atoms with Gasteiger partial charge in [-0.1, -0.05) is 101 Å². The van der Waals surface area contributed by atoms with E-state index in [9.17, 15) is 5.11 Å². The number of fused-ring (bicyclic) bond motifs is 1. The van der Waals surface area contributed by atoms with Gasteiger partial charge in [0.05, 0.1) is 5.60 Å². The van der Waals surface area contributed by atoms with Crippen molar-refractivity contribution in [3.63, 3.8) is 0 Å². The summed E-state index contributed by atoms with van der Waals surface area (Å²) in [6.07, 6.45) is 6.95. The van der Waals surface area contributed by atoms with Crippen LogP contribution in [0.25, 0.3) is 0 Å². The van der Waals surface area contributed by atoms with E-state index in [-0.39, 0.29) is 11.0 Å². The molecule has 0 heterocycles. The first-order chi connectivity index (χ1) is 13.9. The summed E-state index contributed by atoms with van der Waals surface area (Å²) in [6.45, 7) is 7.63. The Bertz CT molecular complexity index is 759. The summed E-state index contributed by atoms with van der Waals surface area (Å²) in [5, 5.41) is 14.1. The van der Waals surface area contributed by atoms with Gasteiger partial charge in [-0.05, 0) is 40.6 Å². The molecular weight excluding hydrogens is 372 g/mol. The van der Waals surface area contributed by atoms with Crippen LogP contribution in [-0.4, -0.2) is 25.6 Å². The lowest BCUT2D eigenvalue weighted by Gasteiger charge is -2.54. The van der Waals surface area contributed by atoms with Gasteiger partial charge >= 0.3 is 0 Å². The summed E-state index contributed by atoms with van der Waals surface area (Å²) in [7, 11) is -2.51. The molecule has 3 atom stereocenters. The highest BCUT2D eigenvalue weighted by Gasteiger charge is 2.56. The Morgan fingerprint density at radius 1 is 0.931 bits per heavy atom. The van der Waals surface area contributed by atoms with Gasteiger partial charge in [0, 0.05) is 12.5 Å². The molecule has 2 aliphatic carbocycles. The first-order valence-corrected chi connectivity index (χ1v) is 13.3. The molecule has 4 rings (SSSR count). The Hall–Kier alpha value is -1.42. The SMILES string of the molecule is CC(C)(C)[Si](OC[C@@H]1C[C@@H]2CCCCC[C@]12O)(c1ccccc1)c1ccccc1. The van der Waals surface area contributed by atoms with Crippen LogP contribution in [0.4, 0.5) is 0 Å².